The van der Waals surface area contributed by atoms with Crippen molar-refractivity contribution in [1.82, 2.24) is 5.32 Å². The third-order valence-electron chi connectivity index (χ3n) is 12.0. The summed E-state index contributed by atoms with van der Waals surface area (Å²) < 4.78 is 5.93. The molecule has 1 amide bonds. The predicted octanol–water partition coefficient (Wildman–Crippen LogP) is 15.8. The Labute approximate surface area is 378 Å². The normalized spacial score (nSPS) is 13.6. The van der Waals surface area contributed by atoms with Crippen LogP contribution in [0.1, 0.15) is 265 Å². The minimum absolute atomic E-state index is 0.0629. The van der Waals surface area contributed by atoms with E-state index in [-0.39, 0.29) is 24.9 Å². The van der Waals surface area contributed by atoms with Crippen molar-refractivity contribution in [2.24, 2.45) is 0 Å². The first-order valence-corrected chi connectivity index (χ1v) is 26.4. The summed E-state index contributed by atoms with van der Waals surface area (Å²) in [5.41, 5.74) is 0. The minimum Gasteiger partial charge on any atom is -0.462 e. The number of unbranched alkanes of at least 4 members (excludes halogenated alkanes) is 29. The fraction of sp³-hybridized carbons (Fsp3) is 0.818. The predicted molar refractivity (Wildman–Crippen MR) is 264 cm³/mol. The van der Waals surface area contributed by atoms with Gasteiger partial charge >= 0.3 is 5.97 Å². The van der Waals surface area contributed by atoms with Crippen LogP contribution in [-0.2, 0) is 14.3 Å². The molecular weight excluding hydrogens is 755 g/mol. The first kappa shape index (κ1) is 58.8. The van der Waals surface area contributed by atoms with Gasteiger partial charge in [-0.15, -0.1) is 0 Å². The van der Waals surface area contributed by atoms with Gasteiger partial charge in [0, 0.05) is 6.42 Å². The molecule has 3 atom stereocenters. The van der Waals surface area contributed by atoms with Crippen LogP contribution >= 0.6 is 0 Å². The monoisotopic (exact) mass is 856 g/mol. The summed E-state index contributed by atoms with van der Waals surface area (Å²) in [6.45, 7) is 6.36. The summed E-state index contributed by atoms with van der Waals surface area (Å²) in [6, 6.07) is -0.708. The Hall–Kier alpha value is -2.18. The van der Waals surface area contributed by atoms with Crippen molar-refractivity contribution in [3.63, 3.8) is 0 Å². The average molecular weight is 856 g/mol. The van der Waals surface area contributed by atoms with Crippen molar-refractivity contribution in [2.45, 2.75) is 283 Å². The number of aliphatic hydroxyl groups is 2. The van der Waals surface area contributed by atoms with Crippen molar-refractivity contribution in [2.75, 3.05) is 6.61 Å². The Morgan fingerprint density at radius 1 is 0.492 bits per heavy atom. The van der Waals surface area contributed by atoms with Crippen LogP contribution < -0.4 is 5.32 Å². The van der Waals surface area contributed by atoms with Gasteiger partial charge in [0.05, 0.1) is 25.2 Å². The van der Waals surface area contributed by atoms with Crippen LogP contribution in [0.4, 0.5) is 0 Å². The van der Waals surface area contributed by atoms with Gasteiger partial charge in [-0.3, -0.25) is 9.59 Å². The molecule has 3 unspecified atom stereocenters. The Kier molecular flexibility index (Phi) is 47.1. The highest BCUT2D eigenvalue weighted by molar-refractivity contribution is 5.77. The Morgan fingerprint density at radius 2 is 0.902 bits per heavy atom. The lowest BCUT2D eigenvalue weighted by molar-refractivity contribution is -0.151. The van der Waals surface area contributed by atoms with E-state index < -0.39 is 18.2 Å². The third-order valence-corrected chi connectivity index (χ3v) is 12.0. The molecule has 0 bridgehead atoms. The molecule has 3 N–H and O–H groups in total. The molecule has 0 saturated carbocycles. The minimum atomic E-state index is -0.793. The summed E-state index contributed by atoms with van der Waals surface area (Å²) in [7, 11) is 0. The first-order chi connectivity index (χ1) is 30.0. The molecule has 0 aliphatic carbocycles. The molecule has 6 heteroatoms. The van der Waals surface area contributed by atoms with Crippen LogP contribution in [-0.4, -0.2) is 46.9 Å². The molecule has 0 rings (SSSR count). The number of hydrogen-bond donors (Lipinski definition) is 3. The highest BCUT2D eigenvalue weighted by atomic mass is 16.5. The van der Waals surface area contributed by atoms with Crippen molar-refractivity contribution in [1.29, 1.82) is 0 Å². The zero-order chi connectivity index (χ0) is 44.5. The number of esters is 1. The van der Waals surface area contributed by atoms with Gasteiger partial charge in [0.1, 0.15) is 6.10 Å². The van der Waals surface area contributed by atoms with Gasteiger partial charge in [-0.2, -0.15) is 0 Å². The molecule has 0 fully saturated rings. The first-order valence-electron chi connectivity index (χ1n) is 26.4. The van der Waals surface area contributed by atoms with Gasteiger partial charge in [-0.25, -0.2) is 0 Å². The number of amides is 1. The number of rotatable bonds is 47. The summed E-state index contributed by atoms with van der Waals surface area (Å²) in [5, 5.41) is 23.8. The van der Waals surface area contributed by atoms with Crippen LogP contribution in [0.5, 0.6) is 0 Å². The van der Waals surface area contributed by atoms with Crippen molar-refractivity contribution < 1.29 is 24.5 Å². The molecule has 0 aliphatic rings. The number of aliphatic hydroxyl groups excluding tert-OH is 2. The topological polar surface area (TPSA) is 95.9 Å². The molecule has 0 heterocycles. The van der Waals surface area contributed by atoms with E-state index in [0.717, 1.165) is 83.5 Å². The Morgan fingerprint density at radius 3 is 1.39 bits per heavy atom. The zero-order valence-electron chi connectivity index (χ0n) is 40.5. The largest absolute Gasteiger partial charge is 0.462 e. The molecule has 0 spiro atoms. The van der Waals surface area contributed by atoms with Crippen LogP contribution in [0, 0.1) is 0 Å². The average Bonchev–Trinajstić information content (AvgIpc) is 3.25. The zero-order valence-corrected chi connectivity index (χ0v) is 40.5. The second kappa shape index (κ2) is 48.8. The van der Waals surface area contributed by atoms with Crippen LogP contribution in [0.25, 0.3) is 0 Å². The number of carbonyl (C=O) groups excluding carboxylic acids is 2. The summed E-state index contributed by atoms with van der Waals surface area (Å²) >= 11 is 0. The second-order valence-corrected chi connectivity index (χ2v) is 18.0. The lowest BCUT2D eigenvalue weighted by Gasteiger charge is -2.24. The van der Waals surface area contributed by atoms with E-state index in [0.29, 0.717) is 19.3 Å². The summed E-state index contributed by atoms with van der Waals surface area (Å²) in [4.78, 5) is 26.2. The molecule has 0 aromatic heterocycles. The van der Waals surface area contributed by atoms with Gasteiger partial charge in [0.25, 0.3) is 0 Å². The quantitative estimate of drug-likeness (QED) is 0.0245. The molecule has 0 radical (unpaired) electrons. The number of hydrogen-bond acceptors (Lipinski definition) is 5. The van der Waals surface area contributed by atoms with E-state index in [4.69, 9.17) is 4.74 Å². The molecule has 0 saturated heterocycles. The van der Waals surface area contributed by atoms with Crippen LogP contribution in [0.2, 0.25) is 0 Å². The number of ether oxygens (including phenoxy) is 1. The van der Waals surface area contributed by atoms with Crippen molar-refractivity contribution in [3.8, 4) is 0 Å². The Bertz CT molecular complexity index is 1050. The maximum Gasteiger partial charge on any atom is 0.306 e. The molecule has 6 nitrogen and oxygen atoms in total. The molecule has 0 aliphatic heterocycles. The highest BCUT2D eigenvalue weighted by Gasteiger charge is 2.24. The SMILES string of the molecule is CC/C=C/C=C/C=C/CCCCCCCCCC(=O)OC(CCCCC/C=C/CCCCCCCCC)CC(=O)NC(CO)C(O)CCCCCCCCCCCCCCC. The Balaban J connectivity index is 4.60. The lowest BCUT2D eigenvalue weighted by atomic mass is 10.0. The van der Waals surface area contributed by atoms with Crippen molar-refractivity contribution >= 4 is 11.9 Å². The van der Waals surface area contributed by atoms with Crippen molar-refractivity contribution in [3.05, 3.63) is 48.6 Å². The maximum absolute atomic E-state index is 13.2. The van der Waals surface area contributed by atoms with Crippen LogP contribution in [0.15, 0.2) is 48.6 Å². The highest BCUT2D eigenvalue weighted by Crippen LogP contribution is 2.18. The molecule has 61 heavy (non-hydrogen) atoms. The standard InChI is InChI=1S/C55H101NO5/c1-4-7-10-13-16-19-22-25-27-30-33-36-39-42-45-48-55(60)61-51(46-43-40-37-34-31-29-26-23-20-17-14-11-8-5-2)49-54(59)56-52(50-57)53(58)47-44-41-38-35-32-28-24-21-18-15-12-9-6-3/h7,10,13,16,19,22,29,31,51-53,57-58H,4-6,8-9,11-12,14-15,17-18,20-21,23-28,30,32-50H2,1-3H3,(H,56,59)/b10-7+,16-13+,22-19+,31-29+. The second-order valence-electron chi connectivity index (χ2n) is 18.0. The molecule has 0 aromatic carbocycles. The van der Waals surface area contributed by atoms with Gasteiger partial charge in [-0.05, 0) is 70.6 Å². The van der Waals surface area contributed by atoms with E-state index in [1.807, 2.05) is 0 Å². The molecule has 356 valence electrons. The van der Waals surface area contributed by atoms with Crippen LogP contribution in [0.3, 0.4) is 0 Å². The fourth-order valence-corrected chi connectivity index (χ4v) is 7.96. The van der Waals surface area contributed by atoms with E-state index in [1.165, 1.54) is 135 Å². The van der Waals surface area contributed by atoms with E-state index in [2.05, 4.69) is 74.7 Å². The van der Waals surface area contributed by atoms with Gasteiger partial charge < -0.3 is 20.3 Å². The van der Waals surface area contributed by atoms with Gasteiger partial charge in [0.15, 0.2) is 0 Å². The lowest BCUT2D eigenvalue weighted by Crippen LogP contribution is -2.46. The fourth-order valence-electron chi connectivity index (χ4n) is 7.96. The number of carbonyl (C=O) groups is 2. The van der Waals surface area contributed by atoms with Gasteiger partial charge in [-0.1, -0.05) is 230 Å². The van der Waals surface area contributed by atoms with Gasteiger partial charge in [0.2, 0.25) is 5.91 Å². The van der Waals surface area contributed by atoms with E-state index >= 15 is 0 Å². The number of nitrogens with one attached hydrogen (secondary N) is 1. The number of allylic oxidation sites excluding steroid dienone is 8. The summed E-state index contributed by atoms with van der Waals surface area (Å²) in [6.07, 6.45) is 58.8. The van der Waals surface area contributed by atoms with E-state index in [9.17, 15) is 19.8 Å². The molecule has 0 aromatic rings. The smallest absolute Gasteiger partial charge is 0.306 e. The summed E-state index contributed by atoms with van der Waals surface area (Å²) in [5.74, 6) is -0.496. The third kappa shape index (κ3) is 44.2. The molecular formula is C55H101NO5. The maximum atomic E-state index is 13.2. The van der Waals surface area contributed by atoms with E-state index in [1.54, 1.807) is 0 Å².